The maximum Gasteiger partial charge on any atom is 0.345 e. The Hall–Kier alpha value is -2.50. The summed E-state index contributed by atoms with van der Waals surface area (Å²) in [5.74, 6) is -0.0137. The Kier molecular flexibility index (Phi) is 5.84. The molecular formula is C18H24N4O2. The Morgan fingerprint density at radius 1 is 1.25 bits per heavy atom. The number of pyridine rings is 1. The van der Waals surface area contributed by atoms with Crippen LogP contribution in [0.3, 0.4) is 0 Å². The fourth-order valence-electron chi connectivity index (χ4n) is 2.79. The number of aryl methyl sites for hydroxylation is 3. The number of carbonyl (C=O) groups excluding carboxylic acids is 1. The number of nitrogens with one attached hydrogen (secondary N) is 2. The first kappa shape index (κ1) is 17.8. The Balaban J connectivity index is 1.88. The lowest BCUT2D eigenvalue weighted by molar-refractivity contribution is -0.121. The molecule has 0 radical (unpaired) electrons. The van der Waals surface area contributed by atoms with Crippen molar-refractivity contribution < 1.29 is 4.79 Å². The summed E-state index contributed by atoms with van der Waals surface area (Å²) in [6.45, 7) is 7.55. The third-order valence-corrected chi connectivity index (χ3v) is 3.92. The fraction of sp³-hybridized carbons (Fsp3) is 0.444. The van der Waals surface area contributed by atoms with Gasteiger partial charge in [-0.05, 0) is 51.8 Å². The molecule has 0 unspecified atom stereocenters. The van der Waals surface area contributed by atoms with E-state index in [-0.39, 0.29) is 17.6 Å². The van der Waals surface area contributed by atoms with E-state index in [2.05, 4.69) is 20.3 Å². The summed E-state index contributed by atoms with van der Waals surface area (Å²) in [4.78, 5) is 34.5. The van der Waals surface area contributed by atoms with Crippen LogP contribution in [-0.4, -0.2) is 26.9 Å². The fourth-order valence-corrected chi connectivity index (χ4v) is 2.79. The summed E-state index contributed by atoms with van der Waals surface area (Å²) in [7, 11) is 0. The van der Waals surface area contributed by atoms with Crippen molar-refractivity contribution in [1.82, 2.24) is 20.3 Å². The van der Waals surface area contributed by atoms with E-state index < -0.39 is 0 Å². The van der Waals surface area contributed by atoms with E-state index in [1.54, 1.807) is 6.92 Å². The van der Waals surface area contributed by atoms with Crippen molar-refractivity contribution in [3.63, 3.8) is 0 Å². The van der Waals surface area contributed by atoms with E-state index >= 15 is 0 Å². The van der Waals surface area contributed by atoms with Gasteiger partial charge >= 0.3 is 5.69 Å². The van der Waals surface area contributed by atoms with Crippen LogP contribution in [-0.2, 0) is 17.6 Å². The summed E-state index contributed by atoms with van der Waals surface area (Å²) in [5, 5.41) is 3.00. The van der Waals surface area contributed by atoms with E-state index in [0.29, 0.717) is 25.0 Å². The normalized spacial score (nSPS) is 12.0. The lowest BCUT2D eigenvalue weighted by Crippen LogP contribution is -2.34. The molecule has 0 aromatic carbocycles. The highest BCUT2D eigenvalue weighted by Gasteiger charge is 2.12. The van der Waals surface area contributed by atoms with Crippen molar-refractivity contribution in [2.45, 2.75) is 53.0 Å². The van der Waals surface area contributed by atoms with Crippen molar-refractivity contribution in [3.05, 3.63) is 57.0 Å². The van der Waals surface area contributed by atoms with Gasteiger partial charge in [-0.1, -0.05) is 6.07 Å². The van der Waals surface area contributed by atoms with Crippen LogP contribution < -0.4 is 11.0 Å². The van der Waals surface area contributed by atoms with Gasteiger partial charge in [0.15, 0.2) is 0 Å². The minimum atomic E-state index is -0.350. The van der Waals surface area contributed by atoms with Crippen LogP contribution >= 0.6 is 0 Å². The summed E-state index contributed by atoms with van der Waals surface area (Å²) >= 11 is 0. The van der Waals surface area contributed by atoms with Crippen LogP contribution in [0, 0.1) is 20.8 Å². The molecule has 2 rings (SSSR count). The maximum atomic E-state index is 12.1. The third-order valence-electron chi connectivity index (χ3n) is 3.92. The molecule has 1 atom stereocenters. The number of aromatic nitrogens is 3. The molecule has 0 spiro atoms. The number of aromatic amines is 1. The number of hydrogen-bond acceptors (Lipinski definition) is 4. The Morgan fingerprint density at radius 3 is 2.67 bits per heavy atom. The first-order valence-corrected chi connectivity index (χ1v) is 8.13. The molecule has 0 aliphatic heterocycles. The number of amides is 1. The Bertz CT molecular complexity index is 757. The number of H-pyrrole nitrogens is 1. The van der Waals surface area contributed by atoms with Gasteiger partial charge in [0, 0.05) is 41.7 Å². The minimum Gasteiger partial charge on any atom is -0.353 e. The van der Waals surface area contributed by atoms with Gasteiger partial charge in [0.2, 0.25) is 5.91 Å². The second-order valence-electron chi connectivity index (χ2n) is 6.17. The van der Waals surface area contributed by atoms with Crippen LogP contribution in [0.1, 0.15) is 41.7 Å². The molecule has 2 aromatic heterocycles. The van der Waals surface area contributed by atoms with Crippen LogP contribution in [0.2, 0.25) is 0 Å². The average Bonchev–Trinajstić information content (AvgIpc) is 2.45. The van der Waals surface area contributed by atoms with E-state index in [4.69, 9.17) is 0 Å². The van der Waals surface area contributed by atoms with Crippen molar-refractivity contribution in [1.29, 1.82) is 0 Å². The second kappa shape index (κ2) is 7.86. The lowest BCUT2D eigenvalue weighted by atomic mass is 10.1. The number of carbonyl (C=O) groups is 1. The van der Waals surface area contributed by atoms with Gasteiger partial charge in [-0.15, -0.1) is 0 Å². The first-order valence-electron chi connectivity index (χ1n) is 8.13. The molecule has 1 amide bonds. The van der Waals surface area contributed by atoms with Crippen LogP contribution in [0.4, 0.5) is 0 Å². The molecule has 24 heavy (non-hydrogen) atoms. The largest absolute Gasteiger partial charge is 0.353 e. The van der Waals surface area contributed by atoms with Crippen molar-refractivity contribution in [3.8, 4) is 0 Å². The zero-order valence-electron chi connectivity index (χ0n) is 14.6. The van der Waals surface area contributed by atoms with Crippen molar-refractivity contribution in [2.24, 2.45) is 0 Å². The summed E-state index contributed by atoms with van der Waals surface area (Å²) in [6, 6.07) is 5.91. The Labute approximate surface area is 141 Å². The van der Waals surface area contributed by atoms with E-state index in [1.807, 2.05) is 39.0 Å². The van der Waals surface area contributed by atoms with E-state index in [0.717, 1.165) is 22.6 Å². The molecular weight excluding hydrogens is 304 g/mol. The molecule has 0 saturated carbocycles. The van der Waals surface area contributed by atoms with Gasteiger partial charge in [-0.25, -0.2) is 4.79 Å². The molecule has 6 heteroatoms. The molecule has 0 fully saturated rings. The number of nitrogens with zero attached hydrogens (tertiary/aromatic N) is 2. The molecule has 0 saturated heterocycles. The molecule has 0 aliphatic carbocycles. The highest BCUT2D eigenvalue weighted by atomic mass is 16.1. The molecule has 2 N–H and O–H groups in total. The lowest BCUT2D eigenvalue weighted by Gasteiger charge is -2.14. The predicted molar refractivity (Wildman–Crippen MR) is 92.9 cm³/mol. The van der Waals surface area contributed by atoms with Crippen molar-refractivity contribution >= 4 is 5.91 Å². The second-order valence-corrected chi connectivity index (χ2v) is 6.17. The number of rotatable bonds is 6. The number of hydrogen-bond donors (Lipinski definition) is 2. The zero-order valence-corrected chi connectivity index (χ0v) is 14.6. The highest BCUT2D eigenvalue weighted by molar-refractivity contribution is 5.76. The van der Waals surface area contributed by atoms with Crippen LogP contribution in [0.15, 0.2) is 23.0 Å². The van der Waals surface area contributed by atoms with Gasteiger partial charge in [0.1, 0.15) is 0 Å². The molecule has 2 heterocycles. The SMILES string of the molecule is Cc1cccc(C[C@@H](C)NC(=O)CCc2c(C)nc(=O)[nH]c2C)n1. The summed E-state index contributed by atoms with van der Waals surface area (Å²) < 4.78 is 0. The molecule has 2 aromatic rings. The van der Waals surface area contributed by atoms with Crippen LogP contribution in [0.25, 0.3) is 0 Å². The predicted octanol–water partition coefficient (Wildman–Crippen LogP) is 1.77. The maximum absolute atomic E-state index is 12.1. The zero-order chi connectivity index (χ0) is 17.7. The van der Waals surface area contributed by atoms with Crippen LogP contribution in [0.5, 0.6) is 0 Å². The van der Waals surface area contributed by atoms with E-state index in [9.17, 15) is 9.59 Å². The average molecular weight is 328 g/mol. The molecule has 0 bridgehead atoms. The first-order chi connectivity index (χ1) is 11.3. The monoisotopic (exact) mass is 328 g/mol. The molecule has 0 aliphatic rings. The molecule has 128 valence electrons. The summed E-state index contributed by atoms with van der Waals surface area (Å²) in [5.41, 5.74) is 3.98. The third kappa shape index (κ3) is 5.01. The van der Waals surface area contributed by atoms with Gasteiger partial charge in [-0.3, -0.25) is 9.78 Å². The van der Waals surface area contributed by atoms with Crippen molar-refractivity contribution in [2.75, 3.05) is 0 Å². The van der Waals surface area contributed by atoms with Gasteiger partial charge in [-0.2, -0.15) is 4.98 Å². The molecule has 6 nitrogen and oxygen atoms in total. The standard InChI is InChI=1S/C18H24N4O2/c1-11-6-5-7-15(19-11)10-12(2)20-17(23)9-8-16-13(3)21-18(24)22-14(16)4/h5-7,12H,8-10H2,1-4H3,(H,20,23)(H,21,22,24)/t12-/m1/s1. The smallest absolute Gasteiger partial charge is 0.345 e. The highest BCUT2D eigenvalue weighted by Crippen LogP contribution is 2.10. The van der Waals surface area contributed by atoms with Gasteiger partial charge < -0.3 is 10.3 Å². The summed E-state index contributed by atoms with van der Waals surface area (Å²) in [6.07, 6.45) is 1.62. The minimum absolute atomic E-state index is 0.0137. The van der Waals surface area contributed by atoms with Gasteiger partial charge in [0.25, 0.3) is 0 Å². The Morgan fingerprint density at radius 2 is 2.00 bits per heavy atom. The quantitative estimate of drug-likeness (QED) is 0.846. The topological polar surface area (TPSA) is 87.7 Å². The van der Waals surface area contributed by atoms with Gasteiger partial charge in [0.05, 0.1) is 0 Å². The van der Waals surface area contributed by atoms with E-state index in [1.165, 1.54) is 0 Å².